The standard InChI is InChI=1S/C14H20Cl2N2/c1-3-18(12-6-7-17-9-12)10(2)11-4-5-13(15)14(16)8-11/h4-5,8,10,12,17H,3,6-7,9H2,1-2H3. The summed E-state index contributed by atoms with van der Waals surface area (Å²) in [6, 6.07) is 6.94. The van der Waals surface area contributed by atoms with E-state index in [9.17, 15) is 0 Å². The van der Waals surface area contributed by atoms with Gasteiger partial charge in [0.25, 0.3) is 0 Å². The largest absolute Gasteiger partial charge is 0.315 e. The molecule has 2 nitrogen and oxygen atoms in total. The van der Waals surface area contributed by atoms with Crippen molar-refractivity contribution in [3.63, 3.8) is 0 Å². The molecule has 0 amide bonds. The highest BCUT2D eigenvalue weighted by Crippen LogP contribution is 2.29. The fourth-order valence-corrected chi connectivity index (χ4v) is 3.04. The summed E-state index contributed by atoms with van der Waals surface area (Å²) in [5.41, 5.74) is 1.23. The first-order chi connectivity index (χ1) is 8.63. The third kappa shape index (κ3) is 3.00. The van der Waals surface area contributed by atoms with E-state index >= 15 is 0 Å². The summed E-state index contributed by atoms with van der Waals surface area (Å²) >= 11 is 12.1. The molecule has 100 valence electrons. The molecule has 2 unspecified atom stereocenters. The van der Waals surface area contributed by atoms with Gasteiger partial charge in [0, 0.05) is 18.6 Å². The fraction of sp³-hybridized carbons (Fsp3) is 0.571. The van der Waals surface area contributed by atoms with Gasteiger partial charge in [0.2, 0.25) is 0 Å². The molecule has 4 heteroatoms. The average molecular weight is 287 g/mol. The van der Waals surface area contributed by atoms with Crippen LogP contribution in [0.15, 0.2) is 18.2 Å². The van der Waals surface area contributed by atoms with Crippen LogP contribution in [-0.2, 0) is 0 Å². The van der Waals surface area contributed by atoms with Gasteiger partial charge in [-0.3, -0.25) is 4.90 Å². The monoisotopic (exact) mass is 286 g/mol. The Morgan fingerprint density at radius 1 is 1.39 bits per heavy atom. The van der Waals surface area contributed by atoms with E-state index in [4.69, 9.17) is 23.2 Å². The number of hydrogen-bond donors (Lipinski definition) is 1. The summed E-state index contributed by atoms with van der Waals surface area (Å²) in [5.74, 6) is 0. The second-order valence-corrected chi connectivity index (χ2v) is 5.64. The highest BCUT2D eigenvalue weighted by atomic mass is 35.5. The smallest absolute Gasteiger partial charge is 0.0595 e. The Morgan fingerprint density at radius 2 is 2.17 bits per heavy atom. The minimum absolute atomic E-state index is 0.370. The van der Waals surface area contributed by atoms with Crippen LogP contribution >= 0.6 is 23.2 Å². The lowest BCUT2D eigenvalue weighted by Gasteiger charge is -2.33. The summed E-state index contributed by atoms with van der Waals surface area (Å²) in [6.45, 7) is 7.70. The van der Waals surface area contributed by atoms with Gasteiger partial charge in [0.05, 0.1) is 10.0 Å². The summed E-state index contributed by atoms with van der Waals surface area (Å²) in [5, 5.41) is 4.69. The van der Waals surface area contributed by atoms with Crippen LogP contribution in [0.5, 0.6) is 0 Å². The third-order valence-corrected chi connectivity index (χ3v) is 4.53. The van der Waals surface area contributed by atoms with Crippen LogP contribution in [0.3, 0.4) is 0 Å². The predicted octanol–water partition coefficient (Wildman–Crippen LogP) is 3.74. The molecular formula is C14H20Cl2N2. The number of nitrogens with one attached hydrogen (secondary N) is 1. The van der Waals surface area contributed by atoms with Gasteiger partial charge in [0.1, 0.15) is 0 Å². The molecule has 1 fully saturated rings. The van der Waals surface area contributed by atoms with Crippen LogP contribution in [0.1, 0.15) is 31.9 Å². The van der Waals surface area contributed by atoms with E-state index < -0.39 is 0 Å². The van der Waals surface area contributed by atoms with Gasteiger partial charge >= 0.3 is 0 Å². The van der Waals surface area contributed by atoms with Crippen molar-refractivity contribution in [2.45, 2.75) is 32.4 Å². The first-order valence-corrected chi connectivity index (χ1v) is 7.30. The van der Waals surface area contributed by atoms with Crippen molar-refractivity contribution in [3.05, 3.63) is 33.8 Å². The molecule has 0 aromatic heterocycles. The second kappa shape index (κ2) is 6.25. The maximum Gasteiger partial charge on any atom is 0.0595 e. The molecule has 0 bridgehead atoms. The van der Waals surface area contributed by atoms with Gasteiger partial charge < -0.3 is 5.32 Å². The fourth-order valence-electron chi connectivity index (χ4n) is 2.73. The van der Waals surface area contributed by atoms with Gasteiger partial charge in [0.15, 0.2) is 0 Å². The highest BCUT2D eigenvalue weighted by molar-refractivity contribution is 6.42. The van der Waals surface area contributed by atoms with Gasteiger partial charge in [-0.25, -0.2) is 0 Å². The van der Waals surface area contributed by atoms with E-state index in [-0.39, 0.29) is 0 Å². The quantitative estimate of drug-likeness (QED) is 0.907. The Bertz CT molecular complexity index is 403. The van der Waals surface area contributed by atoms with E-state index in [0.717, 1.165) is 19.6 Å². The lowest BCUT2D eigenvalue weighted by molar-refractivity contribution is 0.163. The van der Waals surface area contributed by atoms with Crippen molar-refractivity contribution >= 4 is 23.2 Å². The molecule has 1 aromatic rings. The van der Waals surface area contributed by atoms with Crippen LogP contribution in [0.4, 0.5) is 0 Å². The third-order valence-electron chi connectivity index (χ3n) is 3.79. The topological polar surface area (TPSA) is 15.3 Å². The molecule has 0 spiro atoms. The zero-order valence-corrected chi connectivity index (χ0v) is 12.4. The van der Waals surface area contributed by atoms with Crippen molar-refractivity contribution in [2.75, 3.05) is 19.6 Å². The van der Waals surface area contributed by atoms with E-state index in [1.165, 1.54) is 12.0 Å². The van der Waals surface area contributed by atoms with E-state index in [0.29, 0.717) is 22.1 Å². The van der Waals surface area contributed by atoms with Crippen molar-refractivity contribution in [1.82, 2.24) is 10.2 Å². The molecular weight excluding hydrogens is 267 g/mol. The molecule has 1 aliphatic rings. The molecule has 1 aromatic carbocycles. The zero-order chi connectivity index (χ0) is 13.1. The molecule has 0 saturated carbocycles. The van der Waals surface area contributed by atoms with Crippen molar-refractivity contribution in [3.8, 4) is 0 Å². The summed E-state index contributed by atoms with van der Waals surface area (Å²) < 4.78 is 0. The highest BCUT2D eigenvalue weighted by Gasteiger charge is 2.25. The molecule has 0 aliphatic carbocycles. The summed E-state index contributed by atoms with van der Waals surface area (Å²) in [7, 11) is 0. The Labute approximate surface area is 119 Å². The average Bonchev–Trinajstić information content (AvgIpc) is 2.87. The number of rotatable bonds is 4. The maximum atomic E-state index is 6.10. The van der Waals surface area contributed by atoms with Crippen molar-refractivity contribution in [1.29, 1.82) is 0 Å². The second-order valence-electron chi connectivity index (χ2n) is 4.83. The van der Waals surface area contributed by atoms with Gasteiger partial charge in [-0.05, 0) is 44.1 Å². The number of benzene rings is 1. The lowest BCUT2D eigenvalue weighted by Crippen LogP contribution is -2.38. The van der Waals surface area contributed by atoms with Crippen molar-refractivity contribution < 1.29 is 0 Å². The summed E-state index contributed by atoms with van der Waals surface area (Å²) in [6.07, 6.45) is 1.22. The maximum absolute atomic E-state index is 6.10. The molecule has 0 radical (unpaired) electrons. The van der Waals surface area contributed by atoms with Gasteiger partial charge in [-0.1, -0.05) is 36.2 Å². The molecule has 1 aliphatic heterocycles. The number of nitrogens with zero attached hydrogens (tertiary/aromatic N) is 1. The molecule has 2 atom stereocenters. The van der Waals surface area contributed by atoms with Crippen LogP contribution in [0, 0.1) is 0 Å². The zero-order valence-electron chi connectivity index (χ0n) is 10.9. The Balaban J connectivity index is 2.16. The van der Waals surface area contributed by atoms with E-state index in [2.05, 4.69) is 30.1 Å². The SMILES string of the molecule is CCN(C1CCNC1)C(C)c1ccc(Cl)c(Cl)c1. The molecule has 18 heavy (non-hydrogen) atoms. The first-order valence-electron chi connectivity index (χ1n) is 6.55. The Hall–Kier alpha value is -0.280. The van der Waals surface area contributed by atoms with Crippen LogP contribution < -0.4 is 5.32 Å². The minimum Gasteiger partial charge on any atom is -0.315 e. The summed E-state index contributed by atoms with van der Waals surface area (Å²) in [4.78, 5) is 2.53. The molecule has 1 heterocycles. The van der Waals surface area contributed by atoms with Crippen LogP contribution in [0.25, 0.3) is 0 Å². The van der Waals surface area contributed by atoms with Crippen LogP contribution in [-0.4, -0.2) is 30.6 Å². The van der Waals surface area contributed by atoms with E-state index in [1.54, 1.807) is 0 Å². The number of hydrogen-bond acceptors (Lipinski definition) is 2. The Morgan fingerprint density at radius 3 is 2.72 bits per heavy atom. The first kappa shape index (κ1) is 14.1. The minimum atomic E-state index is 0.370. The Kier molecular flexibility index (Phi) is 4.91. The molecule has 1 saturated heterocycles. The van der Waals surface area contributed by atoms with Gasteiger partial charge in [-0.2, -0.15) is 0 Å². The predicted molar refractivity (Wildman–Crippen MR) is 78.5 cm³/mol. The van der Waals surface area contributed by atoms with Gasteiger partial charge in [-0.15, -0.1) is 0 Å². The normalized spacial score (nSPS) is 21.5. The molecule has 2 rings (SSSR count). The van der Waals surface area contributed by atoms with E-state index in [1.807, 2.05) is 12.1 Å². The molecule has 1 N–H and O–H groups in total. The number of likely N-dealkylation sites (N-methyl/N-ethyl adjacent to an activating group) is 1. The lowest BCUT2D eigenvalue weighted by atomic mass is 10.0. The van der Waals surface area contributed by atoms with Crippen molar-refractivity contribution in [2.24, 2.45) is 0 Å². The number of halogens is 2. The van der Waals surface area contributed by atoms with Crippen LogP contribution in [0.2, 0.25) is 10.0 Å².